The summed E-state index contributed by atoms with van der Waals surface area (Å²) in [5.41, 5.74) is 5.84. The molecule has 2 aromatic carbocycles. The summed E-state index contributed by atoms with van der Waals surface area (Å²) in [4.78, 5) is 40.0. The van der Waals surface area contributed by atoms with Crippen LogP contribution in [-0.2, 0) is 14.3 Å². The lowest BCUT2D eigenvalue weighted by Gasteiger charge is -2.30. The Bertz CT molecular complexity index is 1430. The molecule has 2 amide bonds. The van der Waals surface area contributed by atoms with E-state index in [-0.39, 0.29) is 10.7 Å². The second-order valence-corrected chi connectivity index (χ2v) is 8.73. The van der Waals surface area contributed by atoms with Gasteiger partial charge in [0, 0.05) is 11.4 Å². The number of ether oxygens (including phenoxy) is 1. The van der Waals surface area contributed by atoms with Crippen LogP contribution in [0.5, 0.6) is 0 Å². The maximum absolute atomic E-state index is 13.5. The van der Waals surface area contributed by atoms with Crippen LogP contribution in [-0.4, -0.2) is 34.6 Å². The van der Waals surface area contributed by atoms with Gasteiger partial charge in [-0.15, -0.1) is 0 Å². The Morgan fingerprint density at radius 1 is 1.00 bits per heavy atom. The second kappa shape index (κ2) is 9.31. The van der Waals surface area contributed by atoms with Crippen molar-refractivity contribution in [2.24, 2.45) is 0 Å². The van der Waals surface area contributed by atoms with Gasteiger partial charge in [-0.3, -0.25) is 19.8 Å². The summed E-state index contributed by atoms with van der Waals surface area (Å²) in [6, 6.07) is 14.6. The molecule has 0 atom stereocenters. The van der Waals surface area contributed by atoms with E-state index >= 15 is 0 Å². The Morgan fingerprint density at radius 2 is 1.69 bits per heavy atom. The van der Waals surface area contributed by atoms with E-state index in [0.29, 0.717) is 22.5 Å². The number of aromatic nitrogens is 1. The summed E-state index contributed by atoms with van der Waals surface area (Å²) >= 11 is 5.35. The van der Waals surface area contributed by atoms with Crippen LogP contribution in [0.25, 0.3) is 11.8 Å². The van der Waals surface area contributed by atoms with E-state index in [0.717, 1.165) is 22.5 Å². The number of nitrogens with one attached hydrogen (secondary N) is 1. The number of amides is 2. The van der Waals surface area contributed by atoms with Crippen LogP contribution in [0.15, 0.2) is 54.1 Å². The number of benzene rings is 2. The van der Waals surface area contributed by atoms with Crippen LogP contribution in [0.1, 0.15) is 38.4 Å². The van der Waals surface area contributed by atoms with Gasteiger partial charge in [0.2, 0.25) is 0 Å². The van der Waals surface area contributed by atoms with E-state index in [9.17, 15) is 14.4 Å². The lowest BCUT2D eigenvalue weighted by Crippen LogP contribution is -2.54. The van der Waals surface area contributed by atoms with Crippen molar-refractivity contribution in [3.05, 3.63) is 87.7 Å². The molecular weight excluding hydrogens is 462 g/mol. The average Bonchev–Trinajstić information content (AvgIpc) is 3.11. The van der Waals surface area contributed by atoms with Crippen molar-refractivity contribution < 1.29 is 19.1 Å². The number of nitrogens with zero attached hydrogens (tertiary/aromatic N) is 2. The van der Waals surface area contributed by atoms with Crippen LogP contribution >= 0.6 is 12.2 Å². The van der Waals surface area contributed by atoms with E-state index in [4.69, 9.17) is 17.0 Å². The zero-order valence-electron chi connectivity index (χ0n) is 20.1. The molecule has 4 rings (SSSR count). The molecule has 0 aliphatic carbocycles. The minimum atomic E-state index is -0.554. The number of aryl methyl sites for hydroxylation is 2. The first-order chi connectivity index (χ1) is 16.6. The SMILES string of the molecule is COC(=O)c1ccccc1-n1c(C)cc(/C=C2\C(=O)NC(=S)N(c3cccc(C)c3C)C2=O)c1C. The molecule has 35 heavy (non-hydrogen) atoms. The number of para-hydroxylation sites is 1. The highest BCUT2D eigenvalue weighted by molar-refractivity contribution is 7.80. The molecule has 178 valence electrons. The Kier molecular flexibility index (Phi) is 6.41. The first kappa shape index (κ1) is 24.1. The van der Waals surface area contributed by atoms with Gasteiger partial charge in [0.15, 0.2) is 5.11 Å². The highest BCUT2D eigenvalue weighted by Gasteiger charge is 2.35. The van der Waals surface area contributed by atoms with Gasteiger partial charge in [-0.25, -0.2) is 4.79 Å². The molecule has 1 fully saturated rings. The van der Waals surface area contributed by atoms with Crippen LogP contribution in [0.4, 0.5) is 5.69 Å². The smallest absolute Gasteiger partial charge is 0.339 e. The van der Waals surface area contributed by atoms with Crippen molar-refractivity contribution in [1.82, 2.24) is 9.88 Å². The van der Waals surface area contributed by atoms with Crippen molar-refractivity contribution in [1.29, 1.82) is 0 Å². The topological polar surface area (TPSA) is 80.6 Å². The summed E-state index contributed by atoms with van der Waals surface area (Å²) in [5.74, 6) is -1.50. The lowest BCUT2D eigenvalue weighted by molar-refractivity contribution is -0.122. The van der Waals surface area contributed by atoms with Crippen LogP contribution < -0.4 is 10.2 Å². The van der Waals surface area contributed by atoms with Crippen LogP contribution in [0, 0.1) is 27.7 Å². The number of carbonyl (C=O) groups excluding carboxylic acids is 3. The number of anilines is 1. The largest absolute Gasteiger partial charge is 0.465 e. The van der Waals surface area contributed by atoms with Gasteiger partial charge in [-0.05, 0) is 86.9 Å². The van der Waals surface area contributed by atoms with Crippen molar-refractivity contribution in [3.8, 4) is 5.69 Å². The van der Waals surface area contributed by atoms with Gasteiger partial charge in [0.05, 0.1) is 24.0 Å². The van der Waals surface area contributed by atoms with Gasteiger partial charge in [0.25, 0.3) is 11.8 Å². The summed E-state index contributed by atoms with van der Waals surface area (Å²) in [6.45, 7) is 7.62. The maximum Gasteiger partial charge on any atom is 0.339 e. The van der Waals surface area contributed by atoms with Crippen molar-refractivity contribution in [2.45, 2.75) is 27.7 Å². The van der Waals surface area contributed by atoms with Crippen molar-refractivity contribution in [3.63, 3.8) is 0 Å². The molecule has 2 heterocycles. The number of hydrogen-bond donors (Lipinski definition) is 1. The third kappa shape index (κ3) is 4.17. The molecule has 8 heteroatoms. The summed E-state index contributed by atoms with van der Waals surface area (Å²) < 4.78 is 6.84. The first-order valence-corrected chi connectivity index (χ1v) is 11.4. The number of esters is 1. The monoisotopic (exact) mass is 487 g/mol. The number of carbonyl (C=O) groups is 3. The molecule has 7 nitrogen and oxygen atoms in total. The summed E-state index contributed by atoms with van der Waals surface area (Å²) in [5, 5.41) is 2.69. The van der Waals surface area contributed by atoms with Crippen LogP contribution in [0.3, 0.4) is 0 Å². The lowest BCUT2D eigenvalue weighted by atomic mass is 10.0. The predicted octanol–water partition coefficient (Wildman–Crippen LogP) is 4.33. The molecule has 1 aromatic heterocycles. The second-order valence-electron chi connectivity index (χ2n) is 8.35. The average molecular weight is 488 g/mol. The minimum absolute atomic E-state index is 0.0268. The highest BCUT2D eigenvalue weighted by Crippen LogP contribution is 2.29. The fourth-order valence-corrected chi connectivity index (χ4v) is 4.54. The number of hydrogen-bond acceptors (Lipinski definition) is 5. The maximum atomic E-state index is 13.5. The van der Waals surface area contributed by atoms with Gasteiger partial charge >= 0.3 is 5.97 Å². The van der Waals surface area contributed by atoms with Crippen molar-refractivity contribution >= 4 is 46.9 Å². The molecule has 0 saturated carbocycles. The Morgan fingerprint density at radius 3 is 2.40 bits per heavy atom. The number of methoxy groups -OCH3 is 1. The molecule has 1 saturated heterocycles. The van der Waals surface area contributed by atoms with Gasteiger partial charge < -0.3 is 9.30 Å². The third-order valence-electron chi connectivity index (χ3n) is 6.24. The van der Waals surface area contributed by atoms with E-state index < -0.39 is 17.8 Å². The zero-order valence-corrected chi connectivity index (χ0v) is 20.9. The molecule has 1 aliphatic rings. The van der Waals surface area contributed by atoms with E-state index in [2.05, 4.69) is 5.32 Å². The number of rotatable bonds is 4. The molecule has 0 unspecified atom stereocenters. The third-order valence-corrected chi connectivity index (χ3v) is 6.52. The van der Waals surface area contributed by atoms with Gasteiger partial charge in [0.1, 0.15) is 5.57 Å². The van der Waals surface area contributed by atoms with E-state index in [1.807, 2.05) is 62.6 Å². The van der Waals surface area contributed by atoms with E-state index in [1.165, 1.54) is 12.0 Å². The molecule has 1 N–H and O–H groups in total. The molecule has 0 radical (unpaired) electrons. The zero-order chi connectivity index (χ0) is 25.4. The molecule has 1 aliphatic heterocycles. The van der Waals surface area contributed by atoms with Crippen molar-refractivity contribution in [2.75, 3.05) is 12.0 Å². The molecule has 0 spiro atoms. The fraction of sp³-hybridized carbons (Fsp3) is 0.185. The van der Waals surface area contributed by atoms with Gasteiger partial charge in [-0.1, -0.05) is 24.3 Å². The Balaban J connectivity index is 1.81. The summed E-state index contributed by atoms with van der Waals surface area (Å²) in [7, 11) is 1.34. The normalized spacial score (nSPS) is 14.9. The molecule has 0 bridgehead atoms. The summed E-state index contributed by atoms with van der Waals surface area (Å²) in [6.07, 6.45) is 1.57. The van der Waals surface area contributed by atoms with Crippen LogP contribution in [0.2, 0.25) is 0 Å². The van der Waals surface area contributed by atoms with Gasteiger partial charge in [-0.2, -0.15) is 0 Å². The first-order valence-electron chi connectivity index (χ1n) is 11.0. The highest BCUT2D eigenvalue weighted by atomic mass is 32.1. The van der Waals surface area contributed by atoms with E-state index in [1.54, 1.807) is 24.3 Å². The minimum Gasteiger partial charge on any atom is -0.465 e. The standard InChI is InChI=1S/C27H25N3O4S/c1-15-9-8-12-22(17(15)3)30-25(32)21(24(31)28-27(30)35)14-19-13-16(2)29(18(19)4)23-11-7-6-10-20(23)26(33)34-5/h6-14H,1-5H3,(H,28,31,35)/b21-14+. The fourth-order valence-electron chi connectivity index (χ4n) is 4.27. The Hall–Kier alpha value is -4.04. The molecular formula is C27H25N3O4S. The Labute approximate surface area is 209 Å². The molecule has 3 aromatic rings. The quantitative estimate of drug-likeness (QED) is 0.256. The number of thiocarbonyl (C=S) groups is 1. The predicted molar refractivity (Wildman–Crippen MR) is 139 cm³/mol.